The van der Waals surface area contributed by atoms with Gasteiger partial charge in [-0.2, -0.15) is 0 Å². The first-order valence-electron chi connectivity index (χ1n) is 21.8. The Bertz CT molecular complexity index is 974. The van der Waals surface area contributed by atoms with E-state index in [1.165, 1.54) is 116 Å². The van der Waals surface area contributed by atoms with Crippen molar-refractivity contribution in [3.8, 4) is 0 Å². The summed E-state index contributed by atoms with van der Waals surface area (Å²) >= 11 is 0. The van der Waals surface area contributed by atoms with Crippen LogP contribution in [0.5, 0.6) is 0 Å². The molecule has 0 amide bonds. The van der Waals surface area contributed by atoms with Crippen LogP contribution < -0.4 is 0 Å². The molecular formula is C42H79O11P. The lowest BCUT2D eigenvalue weighted by Crippen LogP contribution is -2.29. The minimum absolute atomic E-state index is 0.00190. The second-order valence-electron chi connectivity index (χ2n) is 14.9. The van der Waals surface area contributed by atoms with Gasteiger partial charge in [0.25, 0.3) is 0 Å². The van der Waals surface area contributed by atoms with Gasteiger partial charge in [-0.25, -0.2) is 4.57 Å². The molecule has 0 saturated heterocycles. The van der Waals surface area contributed by atoms with Crippen LogP contribution >= 0.6 is 7.82 Å². The van der Waals surface area contributed by atoms with Gasteiger partial charge in [0.15, 0.2) is 6.10 Å². The number of hydrogen-bond donors (Lipinski definition) is 2. The van der Waals surface area contributed by atoms with Crippen molar-refractivity contribution in [3.05, 3.63) is 0 Å². The molecule has 0 fully saturated rings. The van der Waals surface area contributed by atoms with Crippen LogP contribution in [0, 0.1) is 0 Å². The second-order valence-corrected chi connectivity index (χ2v) is 16.4. The average Bonchev–Trinajstić information content (AvgIpc) is 3.14. The highest BCUT2D eigenvalue weighted by molar-refractivity contribution is 7.47. The molecule has 0 bridgehead atoms. The van der Waals surface area contributed by atoms with Crippen LogP contribution in [0.2, 0.25) is 0 Å². The van der Waals surface area contributed by atoms with Gasteiger partial charge in [-0.15, -0.1) is 0 Å². The highest BCUT2D eigenvalue weighted by atomic mass is 31.2. The van der Waals surface area contributed by atoms with Gasteiger partial charge < -0.3 is 19.5 Å². The van der Waals surface area contributed by atoms with Crippen molar-refractivity contribution < 1.29 is 52.3 Å². The van der Waals surface area contributed by atoms with Crippen LogP contribution in [0.4, 0.5) is 0 Å². The van der Waals surface area contributed by atoms with E-state index in [2.05, 4.69) is 13.8 Å². The molecule has 2 unspecified atom stereocenters. The number of unbranched alkanes of at least 4 members (excludes halogenated alkanes) is 24. The molecular weight excluding hydrogens is 711 g/mol. The Morgan fingerprint density at radius 2 is 0.889 bits per heavy atom. The Balaban J connectivity index is 4.49. The van der Waals surface area contributed by atoms with Gasteiger partial charge in [0.2, 0.25) is 0 Å². The van der Waals surface area contributed by atoms with Gasteiger partial charge in [0.05, 0.1) is 19.6 Å². The van der Waals surface area contributed by atoms with Crippen molar-refractivity contribution in [1.29, 1.82) is 0 Å². The van der Waals surface area contributed by atoms with E-state index in [1.807, 2.05) is 0 Å². The number of esters is 2. The van der Waals surface area contributed by atoms with Gasteiger partial charge in [-0.3, -0.25) is 28.2 Å². The van der Waals surface area contributed by atoms with Crippen LogP contribution in [0.1, 0.15) is 219 Å². The third kappa shape index (κ3) is 38.5. The number of ketones is 1. The summed E-state index contributed by atoms with van der Waals surface area (Å²) in [5, 5.41) is 8.69. The minimum Gasteiger partial charge on any atom is -0.481 e. The van der Waals surface area contributed by atoms with Crippen LogP contribution in [-0.4, -0.2) is 59.6 Å². The number of carbonyl (C=O) groups excluding carboxylic acids is 3. The fourth-order valence-electron chi connectivity index (χ4n) is 6.23. The summed E-state index contributed by atoms with van der Waals surface area (Å²) in [4.78, 5) is 57.6. The summed E-state index contributed by atoms with van der Waals surface area (Å²) in [5.74, 6) is -2.28. The lowest BCUT2D eigenvalue weighted by atomic mass is 10.0. The zero-order valence-corrected chi connectivity index (χ0v) is 35.2. The molecule has 0 aromatic carbocycles. The normalized spacial score (nSPS) is 13.0. The van der Waals surface area contributed by atoms with Crippen LogP contribution in [0.15, 0.2) is 0 Å². The summed E-state index contributed by atoms with van der Waals surface area (Å²) in [5.41, 5.74) is 0. The van der Waals surface area contributed by atoms with E-state index >= 15 is 0 Å². The molecule has 2 N–H and O–H groups in total. The molecule has 0 aliphatic rings. The molecule has 0 radical (unpaired) electrons. The molecule has 54 heavy (non-hydrogen) atoms. The zero-order valence-electron chi connectivity index (χ0n) is 34.3. The van der Waals surface area contributed by atoms with E-state index < -0.39 is 38.4 Å². The van der Waals surface area contributed by atoms with Crippen molar-refractivity contribution in [2.45, 2.75) is 225 Å². The summed E-state index contributed by atoms with van der Waals surface area (Å²) in [6, 6.07) is 0. The molecule has 0 rings (SSSR count). The van der Waals surface area contributed by atoms with Crippen LogP contribution in [0.25, 0.3) is 0 Å². The summed E-state index contributed by atoms with van der Waals surface area (Å²) in [6.45, 7) is 3.39. The Labute approximate surface area is 328 Å². The van der Waals surface area contributed by atoms with Gasteiger partial charge in [0.1, 0.15) is 12.4 Å². The molecule has 0 aliphatic heterocycles. The molecule has 0 aromatic heterocycles. The number of carboxylic acid groups (broad SMARTS) is 1. The van der Waals surface area contributed by atoms with Gasteiger partial charge in [-0.1, -0.05) is 168 Å². The Kier molecular flexibility index (Phi) is 36.8. The molecule has 318 valence electrons. The smallest absolute Gasteiger partial charge is 0.472 e. The van der Waals surface area contributed by atoms with Gasteiger partial charge in [-0.05, 0) is 19.3 Å². The molecule has 12 heteroatoms. The zero-order chi connectivity index (χ0) is 40.0. The maximum atomic E-state index is 12.7. The SMILES string of the molecule is CCCCCCCCCCCCCCCC(=O)OCC(COP(=O)(O)OCCCC(=O)CCC(=O)O)OC(=O)CCCCCCCCCCCCCCC. The lowest BCUT2D eigenvalue weighted by molar-refractivity contribution is -0.161. The fourth-order valence-corrected chi connectivity index (χ4v) is 7.02. The quantitative estimate of drug-likeness (QED) is 0.0344. The van der Waals surface area contributed by atoms with Gasteiger partial charge >= 0.3 is 25.7 Å². The van der Waals surface area contributed by atoms with Crippen molar-refractivity contribution >= 4 is 31.5 Å². The number of ether oxygens (including phenoxy) is 2. The second kappa shape index (κ2) is 38.1. The fraction of sp³-hybridized carbons (Fsp3) is 0.905. The van der Waals surface area contributed by atoms with Crippen LogP contribution in [-0.2, 0) is 42.3 Å². The van der Waals surface area contributed by atoms with Crippen molar-refractivity contribution in [1.82, 2.24) is 0 Å². The summed E-state index contributed by atoms with van der Waals surface area (Å²) in [6.07, 6.45) is 30.1. The Morgan fingerprint density at radius 3 is 1.31 bits per heavy atom. The summed E-state index contributed by atoms with van der Waals surface area (Å²) in [7, 11) is -4.56. The Hall–Kier alpha value is -1.81. The first-order chi connectivity index (χ1) is 26.1. The highest BCUT2D eigenvalue weighted by Crippen LogP contribution is 2.43. The first-order valence-corrected chi connectivity index (χ1v) is 23.3. The number of carboxylic acids is 1. The number of aliphatic carboxylic acids is 1. The number of rotatable bonds is 42. The molecule has 11 nitrogen and oxygen atoms in total. The maximum absolute atomic E-state index is 12.7. The monoisotopic (exact) mass is 791 g/mol. The molecule has 0 spiro atoms. The molecule has 2 atom stereocenters. The number of phosphoric ester groups is 1. The number of Topliss-reactive ketones (excluding diaryl/α,β-unsaturated/α-hetero) is 1. The van der Waals surface area contributed by atoms with E-state index in [-0.39, 0.29) is 57.5 Å². The third-order valence-electron chi connectivity index (χ3n) is 9.59. The largest absolute Gasteiger partial charge is 0.481 e. The van der Waals surface area contributed by atoms with E-state index in [9.17, 15) is 28.6 Å². The number of hydrogen-bond acceptors (Lipinski definition) is 9. The molecule has 0 aromatic rings. The summed E-state index contributed by atoms with van der Waals surface area (Å²) < 4.78 is 33.4. The van der Waals surface area contributed by atoms with E-state index in [0.717, 1.165) is 38.5 Å². The predicted octanol–water partition coefficient (Wildman–Crippen LogP) is 11.8. The van der Waals surface area contributed by atoms with Crippen molar-refractivity contribution in [3.63, 3.8) is 0 Å². The minimum atomic E-state index is -4.56. The van der Waals surface area contributed by atoms with E-state index in [0.29, 0.717) is 12.8 Å². The predicted molar refractivity (Wildman–Crippen MR) is 214 cm³/mol. The molecule has 0 saturated carbocycles. The first kappa shape index (κ1) is 52.2. The van der Waals surface area contributed by atoms with E-state index in [4.69, 9.17) is 23.6 Å². The number of phosphoric acid groups is 1. The topological polar surface area (TPSA) is 163 Å². The Morgan fingerprint density at radius 1 is 0.481 bits per heavy atom. The van der Waals surface area contributed by atoms with Crippen LogP contribution in [0.3, 0.4) is 0 Å². The molecule has 0 heterocycles. The van der Waals surface area contributed by atoms with E-state index in [1.54, 1.807) is 0 Å². The standard InChI is InChI=1S/C42H79O11P/c1-3-5-7-9-11-13-15-17-19-21-23-25-27-31-41(46)50-36-39(37-52-54(48,49)51-35-29-30-38(43)33-34-40(44)45)53-42(47)32-28-26-24-22-20-18-16-14-12-10-8-6-4-2/h39H,3-37H2,1-2H3,(H,44,45)(H,48,49). The third-order valence-corrected chi connectivity index (χ3v) is 10.6. The highest BCUT2D eigenvalue weighted by Gasteiger charge is 2.26. The van der Waals surface area contributed by atoms with Crippen molar-refractivity contribution in [2.24, 2.45) is 0 Å². The number of carbonyl (C=O) groups is 4. The average molecular weight is 791 g/mol. The lowest BCUT2D eigenvalue weighted by Gasteiger charge is -2.20. The maximum Gasteiger partial charge on any atom is 0.472 e. The molecule has 0 aliphatic carbocycles. The van der Waals surface area contributed by atoms with Crippen molar-refractivity contribution in [2.75, 3.05) is 19.8 Å². The van der Waals surface area contributed by atoms with Gasteiger partial charge in [0, 0.05) is 25.7 Å².